The van der Waals surface area contributed by atoms with E-state index in [1.807, 2.05) is 0 Å². The van der Waals surface area contributed by atoms with E-state index >= 15 is 0 Å². The molecule has 0 saturated carbocycles. The number of nitro groups is 1. The van der Waals surface area contributed by atoms with Crippen molar-refractivity contribution in [2.45, 2.75) is 39.7 Å². The van der Waals surface area contributed by atoms with Gasteiger partial charge >= 0.3 is 5.69 Å². The molecule has 4 rings (SSSR count). The fraction of sp³-hybridized carbons (Fsp3) is 0.440. The van der Waals surface area contributed by atoms with Gasteiger partial charge in [-0.05, 0) is 25.3 Å². The molecule has 1 aromatic heterocycles. The average molecular weight is 451 g/mol. The number of carbonyl (C=O) groups excluding carboxylic acids is 1. The normalized spacial score (nSPS) is 19.9. The number of amides is 1. The summed E-state index contributed by atoms with van der Waals surface area (Å²) in [6.07, 6.45) is 8.91. The van der Waals surface area contributed by atoms with E-state index in [0.717, 1.165) is 12.8 Å². The second-order valence-corrected chi connectivity index (χ2v) is 8.77. The topological polar surface area (TPSA) is 92.7 Å². The quantitative estimate of drug-likeness (QED) is 0.471. The van der Waals surface area contributed by atoms with E-state index in [0.29, 0.717) is 32.1 Å². The van der Waals surface area contributed by atoms with Gasteiger partial charge in [-0.2, -0.15) is 0 Å². The smallest absolute Gasteiger partial charge is 0.344 e. The minimum atomic E-state index is -0.601. The largest absolute Gasteiger partial charge is 0.353 e. The Balaban J connectivity index is 1.51. The molecule has 2 unspecified atom stereocenters. The Bertz CT molecular complexity index is 1080. The number of carbonyl (C=O) groups is 1. The minimum Gasteiger partial charge on any atom is -0.353 e. The van der Waals surface area contributed by atoms with Crippen molar-refractivity contribution < 1.29 is 14.2 Å². The Morgan fingerprint density at radius 2 is 1.91 bits per heavy atom. The van der Waals surface area contributed by atoms with Crippen LogP contribution in [-0.2, 0) is 0 Å². The highest BCUT2D eigenvalue weighted by Crippen LogP contribution is 2.36. The molecule has 8 nitrogen and oxygen atoms in total. The molecule has 8 heteroatoms. The summed E-state index contributed by atoms with van der Waals surface area (Å²) < 4.78 is 4.93. The van der Waals surface area contributed by atoms with E-state index in [2.05, 4.69) is 66.4 Å². The van der Waals surface area contributed by atoms with Gasteiger partial charge < -0.3 is 9.42 Å². The summed E-state index contributed by atoms with van der Waals surface area (Å²) in [4.78, 5) is 27.8. The monoisotopic (exact) mass is 450 g/mol. The number of benzene rings is 1. The predicted molar refractivity (Wildman–Crippen MR) is 125 cm³/mol. The number of aryl methyl sites for hydroxylation is 2. The third kappa shape index (κ3) is 4.75. The maximum absolute atomic E-state index is 13.0. The van der Waals surface area contributed by atoms with Crippen molar-refractivity contribution in [1.29, 1.82) is 0 Å². The first-order chi connectivity index (χ1) is 15.9. The summed E-state index contributed by atoms with van der Waals surface area (Å²) in [5.41, 5.74) is 3.31. The molecule has 1 saturated heterocycles. The molecule has 0 bridgehead atoms. The van der Waals surface area contributed by atoms with Crippen LogP contribution in [0.4, 0.5) is 5.69 Å². The van der Waals surface area contributed by atoms with Gasteiger partial charge in [0.25, 0.3) is 5.91 Å². The van der Waals surface area contributed by atoms with Crippen LogP contribution in [0.15, 0.2) is 52.6 Å². The first kappa shape index (κ1) is 22.9. The lowest BCUT2D eigenvalue weighted by Crippen LogP contribution is -2.50. The molecule has 0 radical (unpaired) electrons. The zero-order chi connectivity index (χ0) is 23.5. The molecule has 1 aliphatic heterocycles. The molecular formula is C25H30N4O4. The zero-order valence-electron chi connectivity index (χ0n) is 19.4. The summed E-state index contributed by atoms with van der Waals surface area (Å²) in [6.45, 7) is 8.04. The molecule has 1 aromatic carbocycles. The maximum atomic E-state index is 13.0. The molecular weight excluding hydrogens is 420 g/mol. The Kier molecular flexibility index (Phi) is 6.74. The summed E-state index contributed by atoms with van der Waals surface area (Å²) in [6, 6.07) is 8.90. The Hall–Kier alpha value is -3.26. The predicted octanol–water partition coefficient (Wildman–Crippen LogP) is 4.61. The van der Waals surface area contributed by atoms with E-state index in [4.69, 9.17) is 4.52 Å². The van der Waals surface area contributed by atoms with Crippen LogP contribution in [0, 0.1) is 29.9 Å². The van der Waals surface area contributed by atoms with Gasteiger partial charge in [-0.1, -0.05) is 65.7 Å². The summed E-state index contributed by atoms with van der Waals surface area (Å²) in [5, 5.41) is 15.0. The van der Waals surface area contributed by atoms with Crippen LogP contribution in [0.1, 0.15) is 53.2 Å². The van der Waals surface area contributed by atoms with Crippen LogP contribution in [0.25, 0.3) is 0 Å². The van der Waals surface area contributed by atoms with Crippen molar-refractivity contribution in [3.8, 4) is 0 Å². The maximum Gasteiger partial charge on any atom is 0.344 e. The van der Waals surface area contributed by atoms with Crippen molar-refractivity contribution in [3.63, 3.8) is 0 Å². The third-order valence-electron chi connectivity index (χ3n) is 6.65. The first-order valence-corrected chi connectivity index (χ1v) is 11.5. The lowest BCUT2D eigenvalue weighted by Gasteiger charge is -2.42. The molecule has 1 amide bonds. The van der Waals surface area contributed by atoms with E-state index in [1.165, 1.54) is 23.6 Å². The highest BCUT2D eigenvalue weighted by atomic mass is 16.6. The SMILES string of the molecule is CCC1=CCC(C(c2ccc(C)cc2)N2CCN(C(=O)c3noc(C)c3[N+](=O)[O-])CC2)C=C1. The Morgan fingerprint density at radius 3 is 2.48 bits per heavy atom. The number of aromatic nitrogens is 1. The van der Waals surface area contributed by atoms with Crippen LogP contribution in [0.2, 0.25) is 0 Å². The summed E-state index contributed by atoms with van der Waals surface area (Å²) in [5.74, 6) is -0.0484. The zero-order valence-corrected chi connectivity index (χ0v) is 19.4. The molecule has 33 heavy (non-hydrogen) atoms. The van der Waals surface area contributed by atoms with Gasteiger partial charge in [0, 0.05) is 45.1 Å². The van der Waals surface area contributed by atoms with E-state index < -0.39 is 10.8 Å². The molecule has 2 atom stereocenters. The van der Waals surface area contributed by atoms with Gasteiger partial charge in [-0.25, -0.2) is 0 Å². The highest BCUT2D eigenvalue weighted by Gasteiger charge is 2.36. The second-order valence-electron chi connectivity index (χ2n) is 8.77. The van der Waals surface area contributed by atoms with Gasteiger partial charge in [-0.3, -0.25) is 19.8 Å². The average Bonchev–Trinajstić information content (AvgIpc) is 3.22. The molecule has 1 fully saturated rings. The van der Waals surface area contributed by atoms with E-state index in [9.17, 15) is 14.9 Å². The van der Waals surface area contributed by atoms with Crippen LogP contribution in [0.3, 0.4) is 0 Å². The molecule has 2 aliphatic rings. The van der Waals surface area contributed by atoms with E-state index in [-0.39, 0.29) is 23.2 Å². The highest BCUT2D eigenvalue weighted by molar-refractivity contribution is 5.96. The summed E-state index contributed by atoms with van der Waals surface area (Å²) >= 11 is 0. The molecule has 174 valence electrons. The number of piperazine rings is 1. The summed E-state index contributed by atoms with van der Waals surface area (Å²) in [7, 11) is 0. The van der Waals surface area contributed by atoms with Crippen LogP contribution in [-0.4, -0.2) is 52.0 Å². The number of rotatable bonds is 6. The van der Waals surface area contributed by atoms with Gasteiger partial charge in [0.2, 0.25) is 11.5 Å². The molecule has 1 aliphatic carbocycles. The van der Waals surface area contributed by atoms with E-state index in [1.54, 1.807) is 4.90 Å². The van der Waals surface area contributed by atoms with Crippen molar-refractivity contribution in [3.05, 3.63) is 80.8 Å². The van der Waals surface area contributed by atoms with Crippen molar-refractivity contribution >= 4 is 11.6 Å². The van der Waals surface area contributed by atoms with Gasteiger partial charge in [-0.15, -0.1) is 0 Å². The molecule has 2 heterocycles. The standard InChI is InChI=1S/C25H30N4O4/c1-4-19-7-11-21(12-8-19)24(20-9-5-17(2)6-10-20)27-13-15-28(16-14-27)25(30)22-23(29(31)32)18(3)33-26-22/h5-11,21,24H,4,12-16H2,1-3H3. The molecule has 0 spiro atoms. The number of hydrogen-bond donors (Lipinski definition) is 0. The second kappa shape index (κ2) is 9.70. The van der Waals surface area contributed by atoms with Crippen molar-refractivity contribution in [2.75, 3.05) is 26.2 Å². The number of allylic oxidation sites excluding steroid dienone is 3. The number of nitrogens with zero attached hydrogens (tertiary/aromatic N) is 4. The molecule has 2 aromatic rings. The lowest BCUT2D eigenvalue weighted by atomic mass is 9.84. The third-order valence-corrected chi connectivity index (χ3v) is 6.65. The first-order valence-electron chi connectivity index (χ1n) is 11.5. The van der Waals surface area contributed by atoms with Crippen LogP contribution < -0.4 is 0 Å². The van der Waals surface area contributed by atoms with Gasteiger partial charge in [0.1, 0.15) is 0 Å². The Labute approximate surface area is 193 Å². The van der Waals surface area contributed by atoms with Crippen molar-refractivity contribution in [1.82, 2.24) is 15.0 Å². The van der Waals surface area contributed by atoms with Gasteiger partial charge in [0.05, 0.1) is 4.92 Å². The lowest BCUT2D eigenvalue weighted by molar-refractivity contribution is -0.386. The minimum absolute atomic E-state index is 0.0463. The van der Waals surface area contributed by atoms with Crippen LogP contribution >= 0.6 is 0 Å². The fourth-order valence-electron chi connectivity index (χ4n) is 4.75. The van der Waals surface area contributed by atoms with Crippen molar-refractivity contribution in [2.24, 2.45) is 5.92 Å². The molecule has 0 N–H and O–H groups in total. The Morgan fingerprint density at radius 1 is 1.21 bits per heavy atom. The number of hydrogen-bond acceptors (Lipinski definition) is 6. The van der Waals surface area contributed by atoms with Crippen LogP contribution in [0.5, 0.6) is 0 Å². The fourth-order valence-corrected chi connectivity index (χ4v) is 4.75. The van der Waals surface area contributed by atoms with Gasteiger partial charge in [0.15, 0.2) is 0 Å².